The minimum atomic E-state index is -3.34. The van der Waals surface area contributed by atoms with Gasteiger partial charge in [0.1, 0.15) is 0 Å². The maximum Gasteiger partial charge on any atom is 0.253 e. The van der Waals surface area contributed by atoms with E-state index < -0.39 is 10.0 Å². The van der Waals surface area contributed by atoms with Crippen LogP contribution in [0.15, 0.2) is 48.5 Å². The molecule has 1 amide bonds. The summed E-state index contributed by atoms with van der Waals surface area (Å²) in [7, 11) is -3.34. The standard InChI is InChI=1S/C21H27N3O5S/c1-30(27,28)22-18-9-7-17(8-10-18)21(26)24-14-12-23(13-15-24)11-4-16-29-20-6-3-2-5-19(20)25/h2-3,5-10,22,25H,4,11-16H2,1H3. The van der Waals surface area contributed by atoms with Crippen LogP contribution in [0.5, 0.6) is 11.5 Å². The third-order valence-electron chi connectivity index (χ3n) is 4.84. The maximum absolute atomic E-state index is 12.7. The van der Waals surface area contributed by atoms with Crippen molar-refractivity contribution in [3.8, 4) is 11.5 Å². The quantitative estimate of drug-likeness (QED) is 0.618. The van der Waals surface area contributed by atoms with Crippen LogP contribution in [-0.4, -0.2) is 74.8 Å². The van der Waals surface area contributed by atoms with Crippen molar-refractivity contribution in [3.05, 3.63) is 54.1 Å². The van der Waals surface area contributed by atoms with E-state index in [2.05, 4.69) is 9.62 Å². The molecule has 1 fully saturated rings. The first kappa shape index (κ1) is 21.9. The second-order valence-electron chi connectivity index (χ2n) is 7.26. The first-order valence-corrected chi connectivity index (χ1v) is 11.7. The lowest BCUT2D eigenvalue weighted by Gasteiger charge is -2.34. The van der Waals surface area contributed by atoms with E-state index in [9.17, 15) is 18.3 Å². The number of piperazine rings is 1. The van der Waals surface area contributed by atoms with Crippen molar-refractivity contribution in [1.82, 2.24) is 9.80 Å². The van der Waals surface area contributed by atoms with Crippen LogP contribution in [0.1, 0.15) is 16.8 Å². The Morgan fingerprint density at radius 1 is 1.07 bits per heavy atom. The molecule has 2 aromatic carbocycles. The van der Waals surface area contributed by atoms with Crippen LogP contribution in [0.3, 0.4) is 0 Å². The zero-order valence-corrected chi connectivity index (χ0v) is 17.8. The minimum absolute atomic E-state index is 0.0524. The molecule has 3 rings (SSSR count). The molecule has 30 heavy (non-hydrogen) atoms. The number of carbonyl (C=O) groups excluding carboxylic acids is 1. The van der Waals surface area contributed by atoms with Gasteiger partial charge in [0.25, 0.3) is 5.91 Å². The lowest BCUT2D eigenvalue weighted by atomic mass is 10.1. The molecule has 162 valence electrons. The Balaban J connectivity index is 1.40. The topological polar surface area (TPSA) is 99.2 Å². The molecule has 0 aromatic heterocycles. The molecule has 1 saturated heterocycles. The normalized spacial score (nSPS) is 15.0. The third kappa shape index (κ3) is 6.36. The average Bonchev–Trinajstić information content (AvgIpc) is 2.72. The highest BCUT2D eigenvalue weighted by Gasteiger charge is 2.22. The number of nitrogens with one attached hydrogen (secondary N) is 1. The van der Waals surface area contributed by atoms with Crippen LogP contribution in [0.4, 0.5) is 5.69 Å². The number of ether oxygens (including phenoxy) is 1. The molecule has 1 aliphatic rings. The summed E-state index contributed by atoms with van der Waals surface area (Å²) in [5, 5.41) is 9.70. The Morgan fingerprint density at radius 3 is 2.37 bits per heavy atom. The highest BCUT2D eigenvalue weighted by atomic mass is 32.2. The number of para-hydroxylation sites is 2. The number of carbonyl (C=O) groups is 1. The number of phenolic OH excluding ortho intramolecular Hbond substituents is 1. The fourth-order valence-electron chi connectivity index (χ4n) is 3.30. The number of nitrogens with zero attached hydrogens (tertiary/aromatic N) is 2. The van der Waals surface area contributed by atoms with Gasteiger partial charge in [-0.1, -0.05) is 12.1 Å². The van der Waals surface area contributed by atoms with E-state index in [0.29, 0.717) is 36.7 Å². The summed E-state index contributed by atoms with van der Waals surface area (Å²) in [5.74, 6) is 0.582. The largest absolute Gasteiger partial charge is 0.504 e. The fourth-order valence-corrected chi connectivity index (χ4v) is 3.87. The molecule has 0 spiro atoms. The molecule has 1 aliphatic heterocycles. The van der Waals surface area contributed by atoms with Crippen molar-refractivity contribution in [2.75, 3.05) is 50.3 Å². The third-order valence-corrected chi connectivity index (χ3v) is 5.44. The van der Waals surface area contributed by atoms with Gasteiger partial charge in [0, 0.05) is 44.0 Å². The van der Waals surface area contributed by atoms with Crippen molar-refractivity contribution in [2.24, 2.45) is 0 Å². The zero-order valence-electron chi connectivity index (χ0n) is 17.0. The van der Waals surface area contributed by atoms with Crippen LogP contribution in [0.2, 0.25) is 0 Å². The van der Waals surface area contributed by atoms with E-state index in [1.54, 1.807) is 42.5 Å². The van der Waals surface area contributed by atoms with E-state index in [1.807, 2.05) is 11.0 Å². The Bertz CT molecular complexity index is 955. The number of aromatic hydroxyl groups is 1. The van der Waals surface area contributed by atoms with E-state index >= 15 is 0 Å². The fraction of sp³-hybridized carbons (Fsp3) is 0.381. The number of rotatable bonds is 8. The van der Waals surface area contributed by atoms with E-state index in [0.717, 1.165) is 32.3 Å². The summed E-state index contributed by atoms with van der Waals surface area (Å²) >= 11 is 0. The summed E-state index contributed by atoms with van der Waals surface area (Å²) in [4.78, 5) is 16.8. The van der Waals surface area contributed by atoms with Crippen molar-refractivity contribution >= 4 is 21.6 Å². The van der Waals surface area contributed by atoms with Gasteiger partial charge in [0.15, 0.2) is 11.5 Å². The number of phenols is 1. The van der Waals surface area contributed by atoms with Crippen LogP contribution >= 0.6 is 0 Å². The Morgan fingerprint density at radius 2 is 1.73 bits per heavy atom. The summed E-state index contributed by atoms with van der Waals surface area (Å²) in [6.45, 7) is 4.24. The van der Waals surface area contributed by atoms with Crippen molar-refractivity contribution in [3.63, 3.8) is 0 Å². The molecule has 2 aromatic rings. The molecule has 0 unspecified atom stereocenters. The van der Waals surface area contributed by atoms with Gasteiger partial charge in [-0.25, -0.2) is 8.42 Å². The number of sulfonamides is 1. The summed E-state index contributed by atoms with van der Waals surface area (Å²) in [5.41, 5.74) is 0.975. The Hall–Kier alpha value is -2.78. The summed E-state index contributed by atoms with van der Waals surface area (Å²) in [6.07, 6.45) is 1.92. The van der Waals surface area contributed by atoms with Crippen LogP contribution in [-0.2, 0) is 10.0 Å². The average molecular weight is 434 g/mol. The van der Waals surface area contributed by atoms with Crippen molar-refractivity contribution < 1.29 is 23.1 Å². The van der Waals surface area contributed by atoms with E-state index in [4.69, 9.17) is 4.74 Å². The predicted molar refractivity (Wildman–Crippen MR) is 115 cm³/mol. The highest BCUT2D eigenvalue weighted by Crippen LogP contribution is 2.24. The summed E-state index contributed by atoms with van der Waals surface area (Å²) in [6, 6.07) is 13.4. The first-order valence-electron chi connectivity index (χ1n) is 9.82. The SMILES string of the molecule is CS(=O)(=O)Nc1ccc(C(=O)N2CCN(CCCOc3ccccc3O)CC2)cc1. The van der Waals surface area contributed by atoms with Gasteiger partial charge in [0.05, 0.1) is 12.9 Å². The van der Waals surface area contributed by atoms with Crippen molar-refractivity contribution in [2.45, 2.75) is 6.42 Å². The van der Waals surface area contributed by atoms with Gasteiger partial charge in [-0.05, 0) is 42.8 Å². The zero-order chi connectivity index (χ0) is 21.6. The second-order valence-corrected chi connectivity index (χ2v) is 9.00. The van der Waals surface area contributed by atoms with Gasteiger partial charge in [-0.3, -0.25) is 14.4 Å². The molecule has 0 saturated carbocycles. The molecule has 1 heterocycles. The highest BCUT2D eigenvalue weighted by molar-refractivity contribution is 7.92. The molecule has 9 heteroatoms. The predicted octanol–water partition coefficient (Wildman–Crippen LogP) is 1.99. The van der Waals surface area contributed by atoms with Crippen LogP contribution < -0.4 is 9.46 Å². The van der Waals surface area contributed by atoms with Gasteiger partial charge in [0.2, 0.25) is 10.0 Å². The van der Waals surface area contributed by atoms with E-state index in [-0.39, 0.29) is 11.7 Å². The molecule has 0 aliphatic carbocycles. The second kappa shape index (κ2) is 9.82. The minimum Gasteiger partial charge on any atom is -0.504 e. The van der Waals surface area contributed by atoms with Gasteiger partial charge in [-0.2, -0.15) is 0 Å². The maximum atomic E-state index is 12.7. The van der Waals surface area contributed by atoms with Gasteiger partial charge >= 0.3 is 0 Å². The monoisotopic (exact) mass is 433 g/mol. The van der Waals surface area contributed by atoms with E-state index in [1.165, 1.54) is 0 Å². The molecule has 0 radical (unpaired) electrons. The summed E-state index contributed by atoms with van der Waals surface area (Å²) < 4.78 is 30.5. The Labute approximate surface area is 177 Å². The number of anilines is 1. The van der Waals surface area contributed by atoms with Gasteiger partial charge < -0.3 is 14.7 Å². The first-order chi connectivity index (χ1) is 14.3. The smallest absolute Gasteiger partial charge is 0.253 e. The number of hydrogen-bond donors (Lipinski definition) is 2. The molecule has 2 N–H and O–H groups in total. The molecule has 0 bridgehead atoms. The molecule has 8 nitrogen and oxygen atoms in total. The van der Waals surface area contributed by atoms with Crippen LogP contribution in [0, 0.1) is 0 Å². The Kier molecular flexibility index (Phi) is 7.17. The molecular formula is C21H27N3O5S. The lowest BCUT2D eigenvalue weighted by Crippen LogP contribution is -2.49. The number of benzene rings is 2. The van der Waals surface area contributed by atoms with Crippen LogP contribution in [0.25, 0.3) is 0 Å². The number of hydrogen-bond acceptors (Lipinski definition) is 6. The lowest BCUT2D eigenvalue weighted by molar-refractivity contribution is 0.0630. The molecular weight excluding hydrogens is 406 g/mol. The van der Waals surface area contributed by atoms with Crippen molar-refractivity contribution in [1.29, 1.82) is 0 Å². The van der Waals surface area contributed by atoms with Gasteiger partial charge in [-0.15, -0.1) is 0 Å². The molecule has 0 atom stereocenters. The number of amides is 1.